The van der Waals surface area contributed by atoms with Crippen molar-refractivity contribution < 1.29 is 19.1 Å². The monoisotopic (exact) mass is 281 g/mol. The summed E-state index contributed by atoms with van der Waals surface area (Å²) in [6, 6.07) is 0. The predicted molar refractivity (Wildman–Crippen MR) is 75.6 cm³/mol. The Kier molecular flexibility index (Phi) is 5.80. The third kappa shape index (κ3) is 4.72. The van der Waals surface area contributed by atoms with Crippen LogP contribution in [0, 0.1) is 0 Å². The Balaban J connectivity index is 2.73. The van der Waals surface area contributed by atoms with E-state index in [9.17, 15) is 9.59 Å². The molecule has 0 aromatic heterocycles. The highest BCUT2D eigenvalue weighted by Crippen LogP contribution is 2.22. The molecule has 1 aliphatic rings. The second kappa shape index (κ2) is 7.12. The fraction of sp³-hybridized carbons (Fsp3) is 0.600. The minimum absolute atomic E-state index is 0.0754. The molecule has 0 saturated carbocycles. The molecule has 0 radical (unpaired) electrons. The lowest BCUT2D eigenvalue weighted by molar-refractivity contribution is -0.222. The van der Waals surface area contributed by atoms with Crippen molar-refractivity contribution in [2.45, 2.75) is 46.3 Å². The summed E-state index contributed by atoms with van der Waals surface area (Å²) in [5.74, 6) is -2.48. The second-order valence-corrected chi connectivity index (χ2v) is 5.14. The van der Waals surface area contributed by atoms with Gasteiger partial charge in [-0.2, -0.15) is 0 Å². The molecule has 1 rings (SSSR count). The lowest BCUT2D eigenvalue weighted by atomic mass is 10.2. The summed E-state index contributed by atoms with van der Waals surface area (Å²) in [5, 5.41) is 0. The summed E-state index contributed by atoms with van der Waals surface area (Å²) < 4.78 is 10.0. The molecule has 1 saturated heterocycles. The highest BCUT2D eigenvalue weighted by molar-refractivity contribution is 6.15. The van der Waals surface area contributed by atoms with E-state index in [2.05, 4.69) is 18.7 Å². The molecule has 1 heterocycles. The van der Waals surface area contributed by atoms with Gasteiger partial charge in [0.15, 0.2) is 0 Å². The van der Waals surface area contributed by atoms with Crippen molar-refractivity contribution in [3.8, 4) is 0 Å². The van der Waals surface area contributed by atoms with Crippen molar-refractivity contribution in [3.63, 3.8) is 0 Å². The molecule has 0 aromatic rings. The lowest BCUT2D eigenvalue weighted by Gasteiger charge is -2.29. The maximum atomic E-state index is 11.7. The number of cyclic esters (lactones) is 2. The van der Waals surface area contributed by atoms with E-state index in [1.54, 1.807) is 6.08 Å². The fourth-order valence-corrected chi connectivity index (χ4v) is 1.89. The van der Waals surface area contributed by atoms with Crippen molar-refractivity contribution in [2.75, 3.05) is 13.1 Å². The normalized spacial score (nSPS) is 17.9. The predicted octanol–water partition coefficient (Wildman–Crippen LogP) is 2.38. The quantitative estimate of drug-likeness (QED) is 0.425. The number of hydrogen-bond acceptors (Lipinski definition) is 5. The van der Waals surface area contributed by atoms with Gasteiger partial charge in [-0.05, 0) is 31.2 Å². The average Bonchev–Trinajstić information content (AvgIpc) is 2.31. The number of esters is 2. The zero-order chi connectivity index (χ0) is 15.2. The van der Waals surface area contributed by atoms with Gasteiger partial charge in [0.2, 0.25) is 0 Å². The SMILES string of the molecule is CCCN(C=CC=C1C(=O)OC(C)(C)OC1=O)CCC. The van der Waals surface area contributed by atoms with Gasteiger partial charge in [0.25, 0.3) is 5.79 Å². The summed E-state index contributed by atoms with van der Waals surface area (Å²) in [6.07, 6.45) is 7.08. The van der Waals surface area contributed by atoms with Crippen LogP contribution in [0.1, 0.15) is 40.5 Å². The number of carbonyl (C=O) groups is 2. The first kappa shape index (κ1) is 16.3. The van der Waals surface area contributed by atoms with Crippen LogP contribution in [0.3, 0.4) is 0 Å². The minimum atomic E-state index is -1.19. The Morgan fingerprint density at radius 1 is 1.05 bits per heavy atom. The molecule has 5 heteroatoms. The zero-order valence-electron chi connectivity index (χ0n) is 12.6. The van der Waals surface area contributed by atoms with Crippen molar-refractivity contribution in [1.82, 2.24) is 4.90 Å². The Labute approximate surface area is 120 Å². The molecular formula is C15H23NO4. The van der Waals surface area contributed by atoms with Crippen molar-refractivity contribution in [3.05, 3.63) is 23.9 Å². The first-order chi connectivity index (χ1) is 9.39. The molecular weight excluding hydrogens is 258 g/mol. The number of hydrogen-bond donors (Lipinski definition) is 0. The van der Waals surface area contributed by atoms with Crippen LogP contribution in [0.2, 0.25) is 0 Å². The standard InChI is InChI=1S/C15H23NO4/c1-5-9-16(10-6-2)11-7-8-12-13(17)19-15(3,4)20-14(12)18/h7-8,11H,5-6,9-10H2,1-4H3. The van der Waals surface area contributed by atoms with Crippen LogP contribution in [0.15, 0.2) is 23.9 Å². The number of rotatable bonds is 6. The molecule has 0 aliphatic carbocycles. The molecule has 0 amide bonds. The Bertz CT molecular complexity index is 396. The van der Waals surface area contributed by atoms with Gasteiger partial charge in [-0.15, -0.1) is 0 Å². The van der Waals surface area contributed by atoms with Crippen LogP contribution in [-0.2, 0) is 19.1 Å². The number of nitrogens with zero attached hydrogens (tertiary/aromatic N) is 1. The molecule has 0 atom stereocenters. The van der Waals surface area contributed by atoms with Gasteiger partial charge in [0, 0.05) is 26.9 Å². The molecule has 112 valence electrons. The highest BCUT2D eigenvalue weighted by Gasteiger charge is 2.38. The van der Waals surface area contributed by atoms with E-state index in [4.69, 9.17) is 9.47 Å². The Hall–Kier alpha value is -1.78. The first-order valence-electron chi connectivity index (χ1n) is 6.98. The maximum absolute atomic E-state index is 11.7. The molecule has 0 N–H and O–H groups in total. The zero-order valence-corrected chi connectivity index (χ0v) is 12.6. The van der Waals surface area contributed by atoms with Crippen LogP contribution >= 0.6 is 0 Å². The van der Waals surface area contributed by atoms with Crippen molar-refractivity contribution >= 4 is 11.9 Å². The minimum Gasteiger partial charge on any atom is -0.419 e. The van der Waals surface area contributed by atoms with E-state index in [0.29, 0.717) is 0 Å². The van der Waals surface area contributed by atoms with Crippen LogP contribution in [0.4, 0.5) is 0 Å². The summed E-state index contributed by atoms with van der Waals surface area (Å²) in [6.45, 7) is 9.14. The molecule has 0 unspecified atom stereocenters. The van der Waals surface area contributed by atoms with Gasteiger partial charge in [0.1, 0.15) is 5.57 Å². The van der Waals surface area contributed by atoms with E-state index < -0.39 is 17.7 Å². The van der Waals surface area contributed by atoms with Crippen molar-refractivity contribution in [2.24, 2.45) is 0 Å². The topological polar surface area (TPSA) is 55.8 Å². The Morgan fingerprint density at radius 3 is 2.00 bits per heavy atom. The van der Waals surface area contributed by atoms with Gasteiger partial charge in [-0.1, -0.05) is 13.8 Å². The van der Waals surface area contributed by atoms with E-state index in [1.165, 1.54) is 19.9 Å². The van der Waals surface area contributed by atoms with Gasteiger partial charge in [-0.3, -0.25) is 0 Å². The largest absolute Gasteiger partial charge is 0.419 e. The van der Waals surface area contributed by atoms with Gasteiger partial charge < -0.3 is 14.4 Å². The number of ether oxygens (including phenoxy) is 2. The highest BCUT2D eigenvalue weighted by atomic mass is 16.7. The molecule has 20 heavy (non-hydrogen) atoms. The van der Waals surface area contributed by atoms with E-state index in [1.807, 2.05) is 6.20 Å². The maximum Gasteiger partial charge on any atom is 0.348 e. The summed E-state index contributed by atoms with van der Waals surface area (Å²) in [7, 11) is 0. The van der Waals surface area contributed by atoms with Gasteiger partial charge in [-0.25, -0.2) is 9.59 Å². The third-order valence-corrected chi connectivity index (χ3v) is 2.70. The molecule has 0 spiro atoms. The average molecular weight is 281 g/mol. The molecule has 5 nitrogen and oxygen atoms in total. The number of allylic oxidation sites excluding steroid dienone is 2. The Morgan fingerprint density at radius 2 is 1.55 bits per heavy atom. The van der Waals surface area contributed by atoms with E-state index in [-0.39, 0.29) is 5.57 Å². The molecule has 0 aromatic carbocycles. The van der Waals surface area contributed by atoms with E-state index >= 15 is 0 Å². The molecule has 1 fully saturated rings. The second-order valence-electron chi connectivity index (χ2n) is 5.14. The van der Waals surface area contributed by atoms with Crippen LogP contribution in [0.25, 0.3) is 0 Å². The smallest absolute Gasteiger partial charge is 0.348 e. The van der Waals surface area contributed by atoms with Crippen molar-refractivity contribution in [1.29, 1.82) is 0 Å². The third-order valence-electron chi connectivity index (χ3n) is 2.70. The molecule has 1 aliphatic heterocycles. The summed E-state index contributed by atoms with van der Waals surface area (Å²) >= 11 is 0. The van der Waals surface area contributed by atoms with Gasteiger partial charge in [0.05, 0.1) is 0 Å². The van der Waals surface area contributed by atoms with E-state index in [0.717, 1.165) is 25.9 Å². The lowest BCUT2D eigenvalue weighted by Crippen LogP contribution is -2.41. The van der Waals surface area contributed by atoms with Crippen LogP contribution in [-0.4, -0.2) is 35.7 Å². The van der Waals surface area contributed by atoms with Crippen LogP contribution in [0.5, 0.6) is 0 Å². The van der Waals surface area contributed by atoms with Crippen LogP contribution < -0.4 is 0 Å². The first-order valence-corrected chi connectivity index (χ1v) is 6.98. The summed E-state index contributed by atoms with van der Waals surface area (Å²) in [4.78, 5) is 25.6. The molecule has 0 bridgehead atoms. The van der Waals surface area contributed by atoms with Gasteiger partial charge >= 0.3 is 11.9 Å². The fourth-order valence-electron chi connectivity index (χ4n) is 1.89. The number of carbonyl (C=O) groups excluding carboxylic acids is 2. The summed E-state index contributed by atoms with van der Waals surface area (Å²) in [5.41, 5.74) is -0.0754.